The normalized spacial score (nSPS) is 21.9. The molecule has 1 aliphatic carbocycles. The van der Waals surface area contributed by atoms with Crippen LogP contribution in [0, 0.1) is 18.8 Å². The number of rotatable bonds is 16. The molecule has 0 radical (unpaired) electrons. The van der Waals surface area contributed by atoms with Gasteiger partial charge in [-0.15, -0.1) is 0 Å². The van der Waals surface area contributed by atoms with E-state index in [9.17, 15) is 14.1 Å². The summed E-state index contributed by atoms with van der Waals surface area (Å²) in [5.41, 5.74) is 1.20. The van der Waals surface area contributed by atoms with Crippen LogP contribution in [0.25, 0.3) is 0 Å². The average molecular weight is 463 g/mol. The zero-order valence-electron chi connectivity index (χ0n) is 19.7. The first-order valence-electron chi connectivity index (χ1n) is 12.5. The molecular formula is C27H42O4S. The molecule has 1 aromatic rings. The highest BCUT2D eigenvalue weighted by Gasteiger charge is 2.33. The smallest absolute Gasteiger partial charge is 0.303 e. The van der Waals surface area contributed by atoms with Crippen molar-refractivity contribution in [1.29, 1.82) is 0 Å². The number of hydrogen-bond donors (Lipinski definition) is 2. The second-order valence-electron chi connectivity index (χ2n) is 9.33. The minimum atomic E-state index is -0.885. The molecular weight excluding hydrogens is 420 g/mol. The molecule has 0 saturated heterocycles. The lowest BCUT2D eigenvalue weighted by Gasteiger charge is -2.21. The summed E-state index contributed by atoms with van der Waals surface area (Å²) in [6.45, 7) is 2.04. The van der Waals surface area contributed by atoms with Crippen LogP contribution in [-0.2, 0) is 15.6 Å². The molecule has 5 heteroatoms. The number of aliphatic hydroxyl groups is 1. The van der Waals surface area contributed by atoms with E-state index in [2.05, 4.69) is 12.2 Å². The molecule has 1 aliphatic rings. The van der Waals surface area contributed by atoms with Crippen molar-refractivity contribution in [3.63, 3.8) is 0 Å². The Morgan fingerprint density at radius 1 is 1.00 bits per heavy atom. The summed E-state index contributed by atoms with van der Waals surface area (Å²) in [7, 11) is -0.885. The van der Waals surface area contributed by atoms with Gasteiger partial charge in [-0.1, -0.05) is 55.5 Å². The van der Waals surface area contributed by atoms with E-state index < -0.39 is 16.8 Å². The van der Waals surface area contributed by atoms with Crippen molar-refractivity contribution < 1.29 is 19.2 Å². The number of aliphatic hydroxyl groups excluding tert-OH is 1. The molecule has 0 spiro atoms. The molecule has 0 aromatic heterocycles. The average Bonchev–Trinajstić information content (AvgIpc) is 3.12. The van der Waals surface area contributed by atoms with E-state index in [4.69, 9.17) is 5.11 Å². The van der Waals surface area contributed by atoms with Crippen LogP contribution < -0.4 is 0 Å². The van der Waals surface area contributed by atoms with Crippen LogP contribution in [-0.4, -0.2) is 32.2 Å². The van der Waals surface area contributed by atoms with E-state index in [1.807, 2.05) is 31.2 Å². The number of aryl methyl sites for hydroxylation is 1. The third-order valence-electron chi connectivity index (χ3n) is 6.70. The first-order valence-corrected chi connectivity index (χ1v) is 13.8. The van der Waals surface area contributed by atoms with E-state index in [0.717, 1.165) is 87.7 Å². The summed E-state index contributed by atoms with van der Waals surface area (Å²) in [5.74, 6) is 1.01. The molecule has 1 aromatic carbocycles. The van der Waals surface area contributed by atoms with Gasteiger partial charge in [-0.05, 0) is 82.3 Å². The standard InChI is InChI=1S/C27H42O4S/c1-22-15-18-24(19-16-22)32(31)21-11-7-3-2-4-8-12-23-17-20-26(28)25(23)13-9-5-6-10-14-27(29)30/h4,8,15-16,18-19,23,25-26,28H,2-3,5-7,9-14,17,20-21H2,1H3,(H,29,30)/b8-4+/t23-,25+,26+,32?/m0/s1. The Morgan fingerprint density at radius 2 is 1.72 bits per heavy atom. The van der Waals surface area contributed by atoms with Gasteiger partial charge >= 0.3 is 5.97 Å². The number of carboxylic acid groups (broad SMARTS) is 1. The quantitative estimate of drug-likeness (QED) is 0.219. The molecule has 180 valence electrons. The summed E-state index contributed by atoms with van der Waals surface area (Å²) >= 11 is 0. The van der Waals surface area contributed by atoms with E-state index in [1.165, 1.54) is 5.56 Å². The zero-order valence-corrected chi connectivity index (χ0v) is 20.5. The maximum atomic E-state index is 12.3. The maximum Gasteiger partial charge on any atom is 0.303 e. The van der Waals surface area contributed by atoms with Gasteiger partial charge in [0.25, 0.3) is 0 Å². The van der Waals surface area contributed by atoms with Gasteiger partial charge in [0.2, 0.25) is 0 Å². The predicted octanol–water partition coefficient (Wildman–Crippen LogP) is 6.42. The molecule has 0 heterocycles. The van der Waals surface area contributed by atoms with Gasteiger partial charge in [0, 0.05) is 17.1 Å². The summed E-state index contributed by atoms with van der Waals surface area (Å²) < 4.78 is 12.3. The van der Waals surface area contributed by atoms with Gasteiger partial charge in [0.05, 0.1) is 16.9 Å². The molecule has 0 amide bonds. The van der Waals surface area contributed by atoms with Crippen molar-refractivity contribution in [1.82, 2.24) is 0 Å². The number of aliphatic carboxylic acids is 1. The zero-order chi connectivity index (χ0) is 23.2. The Kier molecular flexibility index (Phi) is 12.9. The first-order chi connectivity index (χ1) is 15.5. The number of carbonyl (C=O) groups is 1. The molecule has 2 rings (SSSR count). The van der Waals surface area contributed by atoms with Crippen LogP contribution in [0.1, 0.15) is 89.0 Å². The summed E-state index contributed by atoms with van der Waals surface area (Å²) in [4.78, 5) is 11.5. The molecule has 1 saturated carbocycles. The van der Waals surface area contributed by atoms with Crippen molar-refractivity contribution in [3.8, 4) is 0 Å². The van der Waals surface area contributed by atoms with Crippen molar-refractivity contribution in [2.75, 3.05) is 5.75 Å². The van der Waals surface area contributed by atoms with Crippen molar-refractivity contribution in [2.45, 2.75) is 101 Å². The third kappa shape index (κ3) is 10.4. The third-order valence-corrected chi connectivity index (χ3v) is 8.16. The van der Waals surface area contributed by atoms with Crippen molar-refractivity contribution in [2.24, 2.45) is 11.8 Å². The van der Waals surface area contributed by atoms with Gasteiger partial charge in [-0.3, -0.25) is 9.00 Å². The highest BCUT2D eigenvalue weighted by molar-refractivity contribution is 7.85. The lowest BCUT2D eigenvalue weighted by Crippen LogP contribution is -2.18. The van der Waals surface area contributed by atoms with Crippen LogP contribution in [0.5, 0.6) is 0 Å². The Balaban J connectivity index is 1.54. The highest BCUT2D eigenvalue weighted by atomic mass is 32.2. The topological polar surface area (TPSA) is 74.6 Å². The minimum Gasteiger partial charge on any atom is -0.481 e. The SMILES string of the molecule is Cc1ccc(S(=O)CCCCC/C=C/C[C@H]2CC[C@@H](O)[C@@H]2CCCCCCC(=O)O)cc1. The van der Waals surface area contributed by atoms with E-state index in [-0.39, 0.29) is 12.5 Å². The predicted molar refractivity (Wildman–Crippen MR) is 132 cm³/mol. The lowest BCUT2D eigenvalue weighted by atomic mass is 9.87. The summed E-state index contributed by atoms with van der Waals surface area (Å²) in [6, 6.07) is 7.99. The Morgan fingerprint density at radius 3 is 2.47 bits per heavy atom. The van der Waals surface area contributed by atoms with Crippen LogP contribution >= 0.6 is 0 Å². The number of carboxylic acids is 1. The Labute approximate surface area is 197 Å². The first kappa shape index (κ1) is 26.8. The summed E-state index contributed by atoms with van der Waals surface area (Å²) in [6.07, 6.45) is 17.0. The van der Waals surface area contributed by atoms with Gasteiger partial charge in [-0.25, -0.2) is 0 Å². The monoisotopic (exact) mass is 462 g/mol. The molecule has 1 unspecified atom stereocenters. The van der Waals surface area contributed by atoms with Gasteiger partial charge in [0.1, 0.15) is 0 Å². The van der Waals surface area contributed by atoms with Gasteiger partial charge in [0.15, 0.2) is 0 Å². The lowest BCUT2D eigenvalue weighted by molar-refractivity contribution is -0.137. The number of benzene rings is 1. The minimum absolute atomic E-state index is 0.165. The van der Waals surface area contributed by atoms with Crippen LogP contribution in [0.3, 0.4) is 0 Å². The highest BCUT2D eigenvalue weighted by Crippen LogP contribution is 2.38. The second kappa shape index (κ2) is 15.4. The van der Waals surface area contributed by atoms with Crippen molar-refractivity contribution in [3.05, 3.63) is 42.0 Å². The van der Waals surface area contributed by atoms with Crippen LogP contribution in [0.15, 0.2) is 41.3 Å². The van der Waals surface area contributed by atoms with Crippen LogP contribution in [0.2, 0.25) is 0 Å². The number of hydrogen-bond acceptors (Lipinski definition) is 3. The fourth-order valence-corrected chi connectivity index (χ4v) is 5.87. The molecule has 1 fully saturated rings. The van der Waals surface area contributed by atoms with E-state index in [1.54, 1.807) is 0 Å². The molecule has 0 bridgehead atoms. The molecule has 4 nitrogen and oxygen atoms in total. The molecule has 4 atom stereocenters. The maximum absolute atomic E-state index is 12.3. The number of unbranched alkanes of at least 4 members (excludes halogenated alkanes) is 6. The molecule has 2 N–H and O–H groups in total. The number of allylic oxidation sites excluding steroid dienone is 2. The second-order valence-corrected chi connectivity index (χ2v) is 10.9. The molecule has 0 aliphatic heterocycles. The Hall–Kier alpha value is -1.46. The largest absolute Gasteiger partial charge is 0.481 e. The van der Waals surface area contributed by atoms with E-state index >= 15 is 0 Å². The van der Waals surface area contributed by atoms with Gasteiger partial charge in [-0.2, -0.15) is 0 Å². The van der Waals surface area contributed by atoms with Gasteiger partial charge < -0.3 is 10.2 Å². The fraction of sp³-hybridized carbons (Fsp3) is 0.667. The van der Waals surface area contributed by atoms with E-state index in [0.29, 0.717) is 11.8 Å². The Bertz CT molecular complexity index is 713. The fourth-order valence-electron chi connectivity index (χ4n) is 4.73. The van der Waals surface area contributed by atoms with Crippen molar-refractivity contribution >= 4 is 16.8 Å². The van der Waals surface area contributed by atoms with Crippen LogP contribution in [0.4, 0.5) is 0 Å². The molecule has 32 heavy (non-hydrogen) atoms. The summed E-state index contributed by atoms with van der Waals surface area (Å²) in [5, 5.41) is 19.0.